The van der Waals surface area contributed by atoms with Crippen molar-refractivity contribution in [3.05, 3.63) is 27.7 Å². The number of benzene rings is 1. The molecule has 2 N–H and O–H groups in total. The molecule has 2 rings (SSSR count). The first-order valence-corrected chi connectivity index (χ1v) is 6.36. The molecule has 0 fully saturated rings. The number of nitrogens with one attached hydrogen (secondary N) is 1. The zero-order valence-corrected chi connectivity index (χ0v) is 11.3. The van der Waals surface area contributed by atoms with Crippen molar-refractivity contribution in [1.82, 2.24) is 0 Å². The second-order valence-corrected chi connectivity index (χ2v) is 5.00. The van der Waals surface area contributed by atoms with Gasteiger partial charge in [-0.3, -0.25) is 0 Å². The predicted octanol–water partition coefficient (Wildman–Crippen LogP) is 2.35. The highest BCUT2D eigenvalue weighted by molar-refractivity contribution is 6.36. The highest BCUT2D eigenvalue weighted by Gasteiger charge is 2.27. The van der Waals surface area contributed by atoms with Gasteiger partial charge in [-0.2, -0.15) is 0 Å². The van der Waals surface area contributed by atoms with E-state index in [9.17, 15) is 9.59 Å². The summed E-state index contributed by atoms with van der Waals surface area (Å²) in [6, 6.07) is 2.78. The van der Waals surface area contributed by atoms with Crippen LogP contribution < -0.4 is 5.32 Å². The van der Waals surface area contributed by atoms with E-state index in [1.54, 1.807) is 12.1 Å². The van der Waals surface area contributed by atoms with Gasteiger partial charge in [0.05, 0.1) is 10.7 Å². The maximum atomic E-state index is 11.7. The van der Waals surface area contributed by atoms with Crippen molar-refractivity contribution >= 4 is 40.8 Å². The molecule has 7 heteroatoms. The SMILES string of the molecule is O=C(O)COC(=O)C1CCc2cc(Cl)cc(Cl)c2N1. The highest BCUT2D eigenvalue weighted by atomic mass is 35.5. The number of ether oxygens (including phenoxy) is 1. The van der Waals surface area contributed by atoms with Gasteiger partial charge in [-0.1, -0.05) is 23.2 Å². The largest absolute Gasteiger partial charge is 0.479 e. The first-order chi connectivity index (χ1) is 8.97. The number of halogens is 2. The second kappa shape index (κ2) is 5.67. The van der Waals surface area contributed by atoms with Crippen LogP contribution in [0.25, 0.3) is 0 Å². The molecule has 0 aliphatic carbocycles. The summed E-state index contributed by atoms with van der Waals surface area (Å²) in [5.41, 5.74) is 1.58. The van der Waals surface area contributed by atoms with Crippen LogP contribution in [0.4, 0.5) is 5.69 Å². The van der Waals surface area contributed by atoms with E-state index in [1.807, 2.05) is 0 Å². The molecular weight excluding hydrogens is 293 g/mol. The lowest BCUT2D eigenvalue weighted by molar-refractivity contribution is -0.155. The summed E-state index contributed by atoms with van der Waals surface area (Å²) in [4.78, 5) is 22.0. The van der Waals surface area contributed by atoms with Crippen molar-refractivity contribution in [2.24, 2.45) is 0 Å². The average molecular weight is 304 g/mol. The molecule has 1 atom stereocenters. The Balaban J connectivity index is 2.09. The minimum atomic E-state index is -1.19. The van der Waals surface area contributed by atoms with Crippen LogP contribution in [0.2, 0.25) is 10.0 Å². The summed E-state index contributed by atoms with van der Waals surface area (Å²) in [6.07, 6.45) is 1.12. The molecule has 1 aliphatic heterocycles. The van der Waals surface area contributed by atoms with Crippen LogP contribution in [0.15, 0.2) is 12.1 Å². The summed E-state index contributed by atoms with van der Waals surface area (Å²) in [5.74, 6) is -1.78. The molecule has 0 radical (unpaired) electrons. The van der Waals surface area contributed by atoms with E-state index in [0.717, 1.165) is 5.56 Å². The van der Waals surface area contributed by atoms with Gasteiger partial charge in [0.1, 0.15) is 6.04 Å². The number of esters is 1. The summed E-state index contributed by atoms with van der Waals surface area (Å²) >= 11 is 11.9. The van der Waals surface area contributed by atoms with Crippen molar-refractivity contribution < 1.29 is 19.4 Å². The van der Waals surface area contributed by atoms with Gasteiger partial charge >= 0.3 is 11.9 Å². The van der Waals surface area contributed by atoms with Gasteiger partial charge in [0.2, 0.25) is 0 Å². The lowest BCUT2D eigenvalue weighted by Crippen LogP contribution is -2.36. The molecule has 1 aliphatic rings. The number of fused-ring (bicyclic) bond motifs is 1. The predicted molar refractivity (Wildman–Crippen MR) is 70.8 cm³/mol. The molecular formula is C12H11Cl2NO4. The molecule has 0 saturated carbocycles. The van der Waals surface area contributed by atoms with E-state index in [4.69, 9.17) is 28.3 Å². The maximum Gasteiger partial charge on any atom is 0.341 e. The quantitative estimate of drug-likeness (QED) is 0.838. The Labute approximate surface area is 119 Å². The zero-order valence-electron chi connectivity index (χ0n) is 9.78. The molecule has 102 valence electrons. The number of carbonyl (C=O) groups excluding carboxylic acids is 1. The van der Waals surface area contributed by atoms with E-state index in [2.05, 4.69) is 10.1 Å². The third-order valence-electron chi connectivity index (χ3n) is 2.78. The minimum absolute atomic E-state index is 0.429. The van der Waals surface area contributed by atoms with Crippen LogP contribution in [0.1, 0.15) is 12.0 Å². The van der Waals surface area contributed by atoms with Crippen molar-refractivity contribution in [2.75, 3.05) is 11.9 Å². The number of aryl methyl sites for hydroxylation is 1. The van der Waals surface area contributed by atoms with Gasteiger partial charge in [0.15, 0.2) is 6.61 Å². The first kappa shape index (κ1) is 14.0. The lowest BCUT2D eigenvalue weighted by atomic mass is 9.98. The number of hydrogen-bond donors (Lipinski definition) is 2. The number of rotatable bonds is 3. The third kappa shape index (κ3) is 3.30. The fraction of sp³-hybridized carbons (Fsp3) is 0.333. The number of carboxylic acids is 1. The van der Waals surface area contributed by atoms with Gasteiger partial charge in [-0.25, -0.2) is 9.59 Å². The normalized spacial score (nSPS) is 17.3. The molecule has 1 heterocycles. The first-order valence-electron chi connectivity index (χ1n) is 5.60. The monoisotopic (exact) mass is 303 g/mol. The Bertz CT molecular complexity index is 533. The molecule has 5 nitrogen and oxygen atoms in total. The third-order valence-corrected chi connectivity index (χ3v) is 3.30. The van der Waals surface area contributed by atoms with Crippen molar-refractivity contribution in [3.8, 4) is 0 Å². The number of aliphatic carboxylic acids is 1. The topological polar surface area (TPSA) is 75.6 Å². The Kier molecular flexibility index (Phi) is 4.17. The van der Waals surface area contributed by atoms with Crippen molar-refractivity contribution in [3.63, 3.8) is 0 Å². The van der Waals surface area contributed by atoms with Crippen LogP contribution in [0.3, 0.4) is 0 Å². The Morgan fingerprint density at radius 1 is 1.42 bits per heavy atom. The molecule has 1 unspecified atom stereocenters. The van der Waals surface area contributed by atoms with E-state index in [0.29, 0.717) is 28.6 Å². The Morgan fingerprint density at radius 3 is 2.84 bits per heavy atom. The van der Waals surface area contributed by atoms with E-state index < -0.39 is 24.6 Å². The number of carbonyl (C=O) groups is 2. The summed E-state index contributed by atoms with van der Waals surface area (Å²) < 4.78 is 4.65. The van der Waals surface area contributed by atoms with Gasteiger partial charge in [-0.15, -0.1) is 0 Å². The van der Waals surface area contributed by atoms with Crippen LogP contribution in [-0.4, -0.2) is 29.7 Å². The molecule has 1 aromatic rings. The fourth-order valence-electron chi connectivity index (χ4n) is 1.94. The van der Waals surface area contributed by atoms with Gasteiger partial charge < -0.3 is 15.2 Å². The van der Waals surface area contributed by atoms with E-state index in [-0.39, 0.29) is 0 Å². The van der Waals surface area contributed by atoms with Gasteiger partial charge in [-0.05, 0) is 30.5 Å². The highest BCUT2D eigenvalue weighted by Crippen LogP contribution is 2.34. The summed E-state index contributed by atoms with van der Waals surface area (Å²) in [7, 11) is 0. The molecule has 0 spiro atoms. The Hall–Kier alpha value is -1.46. The van der Waals surface area contributed by atoms with Crippen LogP contribution in [-0.2, 0) is 20.7 Å². The Morgan fingerprint density at radius 2 is 2.16 bits per heavy atom. The van der Waals surface area contributed by atoms with E-state index in [1.165, 1.54) is 0 Å². The molecule has 0 aromatic heterocycles. The minimum Gasteiger partial charge on any atom is -0.479 e. The number of anilines is 1. The van der Waals surface area contributed by atoms with Crippen LogP contribution >= 0.6 is 23.2 Å². The maximum absolute atomic E-state index is 11.7. The molecule has 0 amide bonds. The van der Waals surface area contributed by atoms with Crippen molar-refractivity contribution in [2.45, 2.75) is 18.9 Å². The van der Waals surface area contributed by atoms with Crippen LogP contribution in [0.5, 0.6) is 0 Å². The standard InChI is InChI=1S/C12H11Cl2NO4/c13-7-3-6-1-2-9(12(18)19-5-10(16)17)15-11(6)8(14)4-7/h3-4,9,15H,1-2,5H2,(H,16,17). The smallest absolute Gasteiger partial charge is 0.341 e. The summed E-state index contributed by atoms with van der Waals surface area (Å²) in [5, 5.41) is 12.4. The van der Waals surface area contributed by atoms with Crippen molar-refractivity contribution in [1.29, 1.82) is 0 Å². The number of carboxylic acid groups (broad SMARTS) is 1. The molecule has 1 aromatic carbocycles. The molecule has 0 saturated heterocycles. The average Bonchev–Trinajstić information content (AvgIpc) is 2.35. The van der Waals surface area contributed by atoms with E-state index >= 15 is 0 Å². The molecule has 19 heavy (non-hydrogen) atoms. The van der Waals surface area contributed by atoms with Crippen LogP contribution in [0, 0.1) is 0 Å². The summed E-state index contributed by atoms with van der Waals surface area (Å²) in [6.45, 7) is -0.641. The van der Waals surface area contributed by atoms with Gasteiger partial charge in [0, 0.05) is 5.02 Å². The van der Waals surface area contributed by atoms with Gasteiger partial charge in [0.25, 0.3) is 0 Å². The lowest BCUT2D eigenvalue weighted by Gasteiger charge is -2.26. The molecule has 0 bridgehead atoms. The second-order valence-electron chi connectivity index (χ2n) is 4.16. The number of hydrogen-bond acceptors (Lipinski definition) is 4. The zero-order chi connectivity index (χ0) is 14.0. The fourth-order valence-corrected chi connectivity index (χ4v) is 2.53.